The number of nitrogens with zero attached hydrogens (tertiary/aromatic N) is 4. The van der Waals surface area contributed by atoms with Gasteiger partial charge in [-0.15, -0.1) is 0 Å². The minimum Gasteiger partial charge on any atom is -0.480 e. The first-order valence-electron chi connectivity index (χ1n) is 10.3. The number of hydrogen-bond donors (Lipinski definition) is 4. The second-order valence-corrected chi connectivity index (χ2v) is 7.70. The van der Waals surface area contributed by atoms with Crippen LogP contribution in [0.25, 0.3) is 0 Å². The zero-order valence-electron chi connectivity index (χ0n) is 17.8. The second-order valence-electron chi connectivity index (χ2n) is 7.70. The number of aliphatic hydroxyl groups is 2. The van der Waals surface area contributed by atoms with Crippen LogP contribution < -0.4 is 0 Å². The Morgan fingerprint density at radius 3 is 1.47 bits per heavy atom. The maximum absolute atomic E-state index is 11.7. The number of carboxylic acids is 2. The molecule has 11 heteroatoms. The summed E-state index contributed by atoms with van der Waals surface area (Å²) in [6.07, 6.45) is 0.397. The van der Waals surface area contributed by atoms with E-state index in [-0.39, 0.29) is 44.7 Å². The molecule has 1 saturated heterocycles. The van der Waals surface area contributed by atoms with E-state index in [9.17, 15) is 34.8 Å². The summed E-state index contributed by atoms with van der Waals surface area (Å²) in [6.45, 7) is 5.01. The molecular weight excluding hydrogens is 396 g/mol. The van der Waals surface area contributed by atoms with E-state index in [1.807, 2.05) is 9.80 Å². The number of carboxylic acid groups (broad SMARTS) is 2. The fourth-order valence-electron chi connectivity index (χ4n) is 3.63. The maximum Gasteiger partial charge on any atom is 0.317 e. The smallest absolute Gasteiger partial charge is 0.317 e. The van der Waals surface area contributed by atoms with Crippen LogP contribution in [0, 0.1) is 0 Å². The van der Waals surface area contributed by atoms with Crippen molar-refractivity contribution >= 4 is 17.7 Å². The summed E-state index contributed by atoms with van der Waals surface area (Å²) in [6, 6.07) is -0.257. The molecule has 1 atom stereocenters. The Kier molecular flexibility index (Phi) is 12.7. The quantitative estimate of drug-likeness (QED) is 0.296. The van der Waals surface area contributed by atoms with Gasteiger partial charge >= 0.3 is 11.9 Å². The number of carbonyl (C=O) groups is 3. The molecule has 1 aliphatic heterocycles. The van der Waals surface area contributed by atoms with Crippen molar-refractivity contribution in [2.75, 3.05) is 85.2 Å². The van der Waals surface area contributed by atoms with Crippen molar-refractivity contribution in [1.29, 1.82) is 0 Å². The van der Waals surface area contributed by atoms with Crippen LogP contribution in [0.3, 0.4) is 0 Å². The highest BCUT2D eigenvalue weighted by Crippen LogP contribution is 2.07. The van der Waals surface area contributed by atoms with Gasteiger partial charge in [0, 0.05) is 65.0 Å². The van der Waals surface area contributed by atoms with E-state index >= 15 is 0 Å². The lowest BCUT2D eigenvalue weighted by molar-refractivity contribution is -0.140. The monoisotopic (exact) mass is 432 g/mol. The topological polar surface area (TPSA) is 145 Å². The third-order valence-electron chi connectivity index (χ3n) is 5.23. The molecule has 4 N–H and O–H groups in total. The molecule has 174 valence electrons. The molecule has 0 radical (unpaired) electrons. The van der Waals surface area contributed by atoms with Gasteiger partial charge in [0.15, 0.2) is 0 Å². The molecule has 0 aliphatic carbocycles. The van der Waals surface area contributed by atoms with Gasteiger partial charge < -0.3 is 20.4 Å². The number of aliphatic hydroxyl groups excluding tert-OH is 2. The average molecular weight is 433 g/mol. The first kappa shape index (κ1) is 26.4. The van der Waals surface area contributed by atoms with E-state index in [1.54, 1.807) is 9.80 Å². The Hall–Kier alpha value is -1.63. The molecular formula is C19H36N4O7. The predicted octanol–water partition coefficient (Wildman–Crippen LogP) is -2.29. The Labute approximate surface area is 177 Å². The second kappa shape index (κ2) is 14.4. The molecule has 0 aromatic carbocycles. The zero-order valence-corrected chi connectivity index (χ0v) is 17.8. The molecule has 1 heterocycles. The summed E-state index contributed by atoms with van der Waals surface area (Å²) in [5.74, 6) is -1.90. The summed E-state index contributed by atoms with van der Waals surface area (Å²) < 4.78 is 0. The van der Waals surface area contributed by atoms with Crippen molar-refractivity contribution in [1.82, 2.24) is 19.6 Å². The minimum atomic E-state index is -0.958. The number of hydrogen-bond acceptors (Lipinski definition) is 9. The van der Waals surface area contributed by atoms with Gasteiger partial charge in [-0.05, 0) is 13.3 Å². The Morgan fingerprint density at radius 2 is 1.13 bits per heavy atom. The molecule has 0 aromatic rings. The van der Waals surface area contributed by atoms with Crippen LogP contribution >= 0.6 is 0 Å². The summed E-state index contributed by atoms with van der Waals surface area (Å²) in [5.41, 5.74) is 0. The predicted molar refractivity (Wildman–Crippen MR) is 109 cm³/mol. The lowest BCUT2D eigenvalue weighted by atomic mass is 10.2. The van der Waals surface area contributed by atoms with E-state index in [0.29, 0.717) is 58.8 Å². The minimum absolute atomic E-state index is 0.0140. The number of ketones is 1. The molecule has 0 aromatic heterocycles. The molecule has 0 saturated carbocycles. The van der Waals surface area contributed by atoms with Crippen LogP contribution in [0.15, 0.2) is 0 Å². The molecule has 0 spiro atoms. The van der Waals surface area contributed by atoms with Crippen molar-refractivity contribution in [3.8, 4) is 0 Å². The third-order valence-corrected chi connectivity index (χ3v) is 5.23. The summed E-state index contributed by atoms with van der Waals surface area (Å²) in [5, 5.41) is 37.5. The SMILES string of the molecule is CC(=O)CN1CCN(CC(=O)O)CCN(CC(=O)O)CCN(C(CO)CCO)CC1. The Morgan fingerprint density at radius 1 is 0.733 bits per heavy atom. The number of rotatable bonds is 10. The summed E-state index contributed by atoms with van der Waals surface area (Å²) >= 11 is 0. The zero-order chi connectivity index (χ0) is 22.5. The number of carbonyl (C=O) groups excluding carboxylic acids is 1. The van der Waals surface area contributed by atoms with Gasteiger partial charge in [-0.3, -0.25) is 34.0 Å². The van der Waals surface area contributed by atoms with Crippen LogP contribution in [0.5, 0.6) is 0 Å². The molecule has 1 fully saturated rings. The number of aliphatic carboxylic acids is 2. The molecule has 1 aliphatic rings. The highest BCUT2D eigenvalue weighted by atomic mass is 16.4. The molecule has 1 unspecified atom stereocenters. The fourth-order valence-corrected chi connectivity index (χ4v) is 3.63. The van der Waals surface area contributed by atoms with Crippen LogP contribution in [0.4, 0.5) is 0 Å². The van der Waals surface area contributed by atoms with Gasteiger partial charge in [-0.25, -0.2) is 0 Å². The van der Waals surface area contributed by atoms with Crippen molar-refractivity contribution in [2.45, 2.75) is 19.4 Å². The number of Topliss-reactive ketones (excluding diaryl/α,β-unsaturated/α-hetero) is 1. The van der Waals surface area contributed by atoms with Crippen molar-refractivity contribution in [3.05, 3.63) is 0 Å². The van der Waals surface area contributed by atoms with Crippen LogP contribution in [-0.4, -0.2) is 149 Å². The van der Waals surface area contributed by atoms with Crippen LogP contribution in [0.1, 0.15) is 13.3 Å². The van der Waals surface area contributed by atoms with E-state index < -0.39 is 11.9 Å². The Balaban J connectivity index is 2.99. The molecule has 11 nitrogen and oxygen atoms in total. The molecule has 1 rings (SSSR count). The normalized spacial score (nSPS) is 20.2. The van der Waals surface area contributed by atoms with Crippen molar-refractivity contribution in [2.24, 2.45) is 0 Å². The lowest BCUT2D eigenvalue weighted by Gasteiger charge is -2.36. The van der Waals surface area contributed by atoms with E-state index in [4.69, 9.17) is 0 Å². The lowest BCUT2D eigenvalue weighted by Crippen LogP contribution is -2.51. The van der Waals surface area contributed by atoms with Crippen LogP contribution in [-0.2, 0) is 14.4 Å². The van der Waals surface area contributed by atoms with Gasteiger partial charge in [0.1, 0.15) is 5.78 Å². The van der Waals surface area contributed by atoms with E-state index in [1.165, 1.54) is 6.92 Å². The maximum atomic E-state index is 11.7. The fraction of sp³-hybridized carbons (Fsp3) is 0.842. The van der Waals surface area contributed by atoms with Gasteiger partial charge in [-0.2, -0.15) is 0 Å². The van der Waals surface area contributed by atoms with Crippen LogP contribution in [0.2, 0.25) is 0 Å². The highest BCUT2D eigenvalue weighted by Gasteiger charge is 2.23. The summed E-state index contributed by atoms with van der Waals surface area (Å²) in [7, 11) is 0. The molecule has 0 amide bonds. The summed E-state index contributed by atoms with van der Waals surface area (Å²) in [4.78, 5) is 41.6. The van der Waals surface area contributed by atoms with Crippen molar-refractivity contribution < 1.29 is 34.8 Å². The third kappa shape index (κ3) is 11.0. The van der Waals surface area contributed by atoms with Gasteiger partial charge in [0.05, 0.1) is 26.2 Å². The Bertz CT molecular complexity index is 517. The standard InChI is InChI=1S/C19H36N4O7/c1-16(26)12-20-3-4-21(13-18(27)28)5-6-22(14-19(29)30)8-10-23(9-7-20)17(15-25)2-11-24/h17,24-25H,2-15H2,1H3,(H,27,28)(H,29,30). The highest BCUT2D eigenvalue weighted by molar-refractivity contribution is 5.77. The first-order chi connectivity index (χ1) is 14.2. The molecule has 30 heavy (non-hydrogen) atoms. The van der Waals surface area contributed by atoms with Gasteiger partial charge in [0.25, 0.3) is 0 Å². The first-order valence-corrected chi connectivity index (χ1v) is 10.3. The molecule has 0 bridgehead atoms. The van der Waals surface area contributed by atoms with Crippen molar-refractivity contribution in [3.63, 3.8) is 0 Å². The van der Waals surface area contributed by atoms with E-state index in [2.05, 4.69) is 0 Å². The van der Waals surface area contributed by atoms with Gasteiger partial charge in [-0.1, -0.05) is 0 Å². The average Bonchev–Trinajstić information content (AvgIpc) is 2.65. The largest absolute Gasteiger partial charge is 0.480 e. The van der Waals surface area contributed by atoms with E-state index in [0.717, 1.165) is 0 Å². The van der Waals surface area contributed by atoms with Gasteiger partial charge in [0.2, 0.25) is 0 Å².